The summed E-state index contributed by atoms with van der Waals surface area (Å²) >= 11 is -1.26. The molecule has 0 aliphatic carbocycles. The molecule has 0 aromatic rings. The molecule has 0 aromatic heterocycles. The molecular weight excluding hydrogens is 264 g/mol. The number of carbonyl (C=O) groups is 1. The highest BCUT2D eigenvalue weighted by molar-refractivity contribution is 7.91. The van der Waals surface area contributed by atoms with Crippen LogP contribution in [0.5, 0.6) is 0 Å². The number of carbonyl (C=O) groups excluding carboxylic acids is 1. The van der Waals surface area contributed by atoms with Crippen LogP contribution in [-0.4, -0.2) is 33.3 Å². The third-order valence-corrected chi connectivity index (χ3v) is 3.30. The molecule has 2 atom stereocenters. The fourth-order valence-corrected chi connectivity index (χ4v) is 1.53. The second kappa shape index (κ2) is 7.14. The molecular formula is C13H26N2O3S. The van der Waals surface area contributed by atoms with E-state index in [9.17, 15) is 9.35 Å². The highest BCUT2D eigenvalue weighted by Gasteiger charge is 2.25. The number of alkyl carbamates (subject to hydrolysis) is 1. The van der Waals surface area contributed by atoms with Crippen LogP contribution in [-0.2, 0) is 16.1 Å². The van der Waals surface area contributed by atoms with Gasteiger partial charge in [-0.3, -0.25) is 0 Å². The number of amides is 1. The zero-order valence-corrected chi connectivity index (χ0v) is 13.8. The minimum Gasteiger partial charge on any atom is -0.591 e. The van der Waals surface area contributed by atoms with Crippen LogP contribution in [0, 0.1) is 0 Å². The molecule has 5 nitrogen and oxygen atoms in total. The summed E-state index contributed by atoms with van der Waals surface area (Å²) in [6.07, 6.45) is 1.65. The van der Waals surface area contributed by atoms with Gasteiger partial charge in [-0.25, -0.2) is 4.79 Å². The first-order valence-electron chi connectivity index (χ1n) is 6.36. The number of nitrogens with zero attached hydrogens (tertiary/aromatic N) is 1. The molecule has 0 saturated carbocycles. The summed E-state index contributed by atoms with van der Waals surface area (Å²) in [5, 5.41) is 2.70. The molecule has 0 aromatic carbocycles. The van der Waals surface area contributed by atoms with Gasteiger partial charge in [-0.15, -0.1) is 0 Å². The molecule has 0 spiro atoms. The quantitative estimate of drug-likeness (QED) is 0.639. The van der Waals surface area contributed by atoms with Crippen LogP contribution in [0.2, 0.25) is 0 Å². The Labute approximate surface area is 119 Å². The van der Waals surface area contributed by atoms with E-state index in [0.29, 0.717) is 6.42 Å². The van der Waals surface area contributed by atoms with E-state index < -0.39 is 23.1 Å². The maximum atomic E-state index is 11.7. The van der Waals surface area contributed by atoms with Gasteiger partial charge in [0.1, 0.15) is 21.7 Å². The minimum atomic E-state index is -1.26. The van der Waals surface area contributed by atoms with Gasteiger partial charge in [-0.1, -0.05) is 4.40 Å². The Bertz CT molecular complexity index is 319. The van der Waals surface area contributed by atoms with Gasteiger partial charge in [-0.2, -0.15) is 0 Å². The topological polar surface area (TPSA) is 73.8 Å². The van der Waals surface area contributed by atoms with E-state index in [-0.39, 0.29) is 10.8 Å². The second-order valence-corrected chi connectivity index (χ2v) is 8.37. The van der Waals surface area contributed by atoms with Crippen LogP contribution >= 0.6 is 0 Å². The minimum absolute atomic E-state index is 0.115. The number of ether oxygens (including phenoxy) is 1. The lowest BCUT2D eigenvalue weighted by Gasteiger charge is -2.21. The molecule has 0 bridgehead atoms. The Kier molecular flexibility index (Phi) is 6.86. The van der Waals surface area contributed by atoms with E-state index in [4.69, 9.17) is 4.74 Å². The smallest absolute Gasteiger partial charge is 0.407 e. The number of hydrogen-bond donors (Lipinski definition) is 1. The van der Waals surface area contributed by atoms with E-state index in [1.165, 1.54) is 0 Å². The first-order chi connectivity index (χ1) is 8.42. The van der Waals surface area contributed by atoms with Crippen molar-refractivity contribution in [1.82, 2.24) is 5.32 Å². The van der Waals surface area contributed by atoms with E-state index in [1.54, 1.807) is 6.21 Å². The number of nitrogens with one attached hydrogen (secondary N) is 1. The van der Waals surface area contributed by atoms with Gasteiger partial charge in [0.25, 0.3) is 0 Å². The van der Waals surface area contributed by atoms with Crippen molar-refractivity contribution in [3.05, 3.63) is 0 Å². The molecule has 1 N–H and O–H groups in total. The third kappa shape index (κ3) is 9.78. The van der Waals surface area contributed by atoms with Gasteiger partial charge >= 0.3 is 6.09 Å². The van der Waals surface area contributed by atoms with E-state index in [2.05, 4.69) is 9.71 Å². The third-order valence-electron chi connectivity index (χ3n) is 1.92. The van der Waals surface area contributed by atoms with Crippen molar-refractivity contribution in [1.29, 1.82) is 0 Å². The summed E-state index contributed by atoms with van der Waals surface area (Å²) in [6.45, 7) is 12.9. The normalized spacial score (nSPS) is 16.2. The fourth-order valence-electron chi connectivity index (χ4n) is 0.995. The van der Waals surface area contributed by atoms with Crippen LogP contribution < -0.4 is 5.32 Å². The van der Waals surface area contributed by atoms with Gasteiger partial charge < -0.3 is 14.6 Å². The van der Waals surface area contributed by atoms with Crippen molar-refractivity contribution in [2.45, 2.75) is 71.3 Å². The average molecular weight is 290 g/mol. The van der Waals surface area contributed by atoms with Crippen LogP contribution in [0.3, 0.4) is 0 Å². The van der Waals surface area contributed by atoms with Crippen LogP contribution in [0.25, 0.3) is 0 Å². The summed E-state index contributed by atoms with van der Waals surface area (Å²) in [5.74, 6) is 0. The summed E-state index contributed by atoms with van der Waals surface area (Å²) < 4.78 is 20.4. The van der Waals surface area contributed by atoms with Crippen molar-refractivity contribution >= 4 is 23.7 Å². The van der Waals surface area contributed by atoms with Crippen molar-refractivity contribution in [2.24, 2.45) is 4.40 Å². The highest BCUT2D eigenvalue weighted by Crippen LogP contribution is 2.16. The predicted molar refractivity (Wildman–Crippen MR) is 79.8 cm³/mol. The Balaban J connectivity index is 4.10. The zero-order chi connectivity index (χ0) is 15.3. The number of rotatable bonds is 4. The summed E-state index contributed by atoms with van der Waals surface area (Å²) in [7, 11) is 0. The predicted octanol–water partition coefficient (Wildman–Crippen LogP) is 2.82. The average Bonchev–Trinajstić information content (AvgIpc) is 2.12. The molecule has 6 heteroatoms. The van der Waals surface area contributed by atoms with Crippen LogP contribution in [0.4, 0.5) is 4.79 Å². The van der Waals surface area contributed by atoms with E-state index in [1.807, 2.05) is 48.5 Å². The number of hydrogen-bond acceptors (Lipinski definition) is 4. The lowest BCUT2D eigenvalue weighted by Crippen LogP contribution is -2.37. The maximum Gasteiger partial charge on any atom is 0.407 e. The van der Waals surface area contributed by atoms with Crippen molar-refractivity contribution in [2.75, 3.05) is 0 Å². The molecule has 0 aliphatic heterocycles. The second-order valence-electron chi connectivity index (χ2n) is 6.43. The molecule has 19 heavy (non-hydrogen) atoms. The van der Waals surface area contributed by atoms with Crippen molar-refractivity contribution < 1.29 is 14.1 Å². The first-order valence-corrected chi connectivity index (χ1v) is 7.46. The lowest BCUT2D eigenvalue weighted by atomic mass is 10.2. The van der Waals surface area contributed by atoms with E-state index in [0.717, 1.165) is 0 Å². The molecule has 0 radical (unpaired) electrons. The standard InChI is InChI=1S/C13H26N2O3S/c1-10(15-11(16)18-12(2,3)4)8-9-14-19(17)13(5,6)7/h9-10H,8H2,1-7H3,(H,15,16)/t10-,19?/m1/s1. The summed E-state index contributed by atoms with van der Waals surface area (Å²) in [5.41, 5.74) is -0.508. The molecule has 0 saturated heterocycles. The first kappa shape index (κ1) is 18.2. The van der Waals surface area contributed by atoms with Gasteiger partial charge in [-0.05, 0) is 48.5 Å². The molecule has 0 aliphatic rings. The Morgan fingerprint density at radius 3 is 2.32 bits per heavy atom. The van der Waals surface area contributed by atoms with Gasteiger partial charge in [0, 0.05) is 12.5 Å². The molecule has 1 unspecified atom stereocenters. The van der Waals surface area contributed by atoms with Crippen LogP contribution in [0.1, 0.15) is 54.9 Å². The zero-order valence-electron chi connectivity index (χ0n) is 12.9. The summed E-state index contributed by atoms with van der Waals surface area (Å²) in [4.78, 5) is 11.5. The molecule has 0 heterocycles. The molecule has 0 rings (SSSR count). The maximum absolute atomic E-state index is 11.7. The summed E-state index contributed by atoms with van der Waals surface area (Å²) in [6, 6.07) is -0.115. The van der Waals surface area contributed by atoms with Crippen molar-refractivity contribution in [3.8, 4) is 0 Å². The lowest BCUT2D eigenvalue weighted by molar-refractivity contribution is 0.0510. The van der Waals surface area contributed by atoms with Gasteiger partial charge in [0.15, 0.2) is 0 Å². The Morgan fingerprint density at radius 2 is 1.89 bits per heavy atom. The van der Waals surface area contributed by atoms with Gasteiger partial charge in [0.2, 0.25) is 0 Å². The molecule has 1 amide bonds. The van der Waals surface area contributed by atoms with Crippen LogP contribution in [0.15, 0.2) is 4.40 Å². The Morgan fingerprint density at radius 1 is 1.37 bits per heavy atom. The SMILES string of the molecule is C[C@H](CC=N[S+]([O-])C(C)(C)C)NC(=O)OC(C)(C)C. The van der Waals surface area contributed by atoms with Crippen molar-refractivity contribution in [3.63, 3.8) is 0 Å². The highest BCUT2D eigenvalue weighted by atomic mass is 32.2. The van der Waals surface area contributed by atoms with Gasteiger partial charge in [0.05, 0.1) is 6.21 Å². The fraction of sp³-hybridized carbons (Fsp3) is 0.846. The Hall–Kier alpha value is -0.750. The monoisotopic (exact) mass is 290 g/mol. The van der Waals surface area contributed by atoms with E-state index >= 15 is 0 Å². The largest absolute Gasteiger partial charge is 0.591 e. The molecule has 112 valence electrons. The molecule has 0 fully saturated rings.